The third-order valence-electron chi connectivity index (χ3n) is 8.21. The molecule has 4 rings (SSSR count). The van der Waals surface area contributed by atoms with Crippen molar-refractivity contribution in [2.24, 2.45) is 39.5 Å². The highest BCUT2D eigenvalue weighted by atomic mass is 16.6. The first-order valence-electron chi connectivity index (χ1n) is 10.5. The number of hydrogen-bond acceptors (Lipinski definition) is 4. The lowest BCUT2D eigenvalue weighted by Crippen LogP contribution is -2.50. The normalized spacial score (nSPS) is 44.8. The molecule has 0 bridgehead atoms. The molecule has 4 aliphatic rings. The number of Topliss-reactive ketones (excluding diaryl/α,β-unsaturated/α-hetero) is 1. The Bertz CT molecular complexity index is 653. The van der Waals surface area contributed by atoms with Crippen LogP contribution in [0.4, 0.5) is 0 Å². The molecule has 0 spiro atoms. The fraction of sp³-hybridized carbons (Fsp3) is 0.818. The van der Waals surface area contributed by atoms with E-state index in [4.69, 9.17) is 10.6 Å². The molecule has 0 aromatic carbocycles. The summed E-state index contributed by atoms with van der Waals surface area (Å²) in [5.74, 6) is 2.63. The van der Waals surface area contributed by atoms with Crippen LogP contribution >= 0.6 is 0 Å². The van der Waals surface area contributed by atoms with Gasteiger partial charge in [-0.2, -0.15) is 0 Å². The number of rotatable bonds is 3. The maximum absolute atomic E-state index is 12.5. The fourth-order valence-electron chi connectivity index (χ4n) is 6.65. The van der Waals surface area contributed by atoms with Crippen LogP contribution in [0.1, 0.15) is 72.1 Å². The van der Waals surface area contributed by atoms with Crippen LogP contribution in [0.5, 0.6) is 0 Å². The third kappa shape index (κ3) is 2.76. The molecular weight excluding hydrogens is 324 g/mol. The van der Waals surface area contributed by atoms with Crippen molar-refractivity contribution in [1.82, 2.24) is 0 Å². The number of carbonyl (C=O) groups excluding carboxylic acids is 1. The Morgan fingerprint density at radius 1 is 1.15 bits per heavy atom. The van der Waals surface area contributed by atoms with Crippen LogP contribution in [0.25, 0.3) is 0 Å². The van der Waals surface area contributed by atoms with Crippen molar-refractivity contribution >= 4 is 11.5 Å². The molecule has 3 saturated carbocycles. The zero-order chi connectivity index (χ0) is 18.5. The molecule has 0 heterocycles. The van der Waals surface area contributed by atoms with Crippen LogP contribution in [0, 0.1) is 28.6 Å². The van der Waals surface area contributed by atoms with E-state index >= 15 is 0 Å². The van der Waals surface area contributed by atoms with Gasteiger partial charge in [-0.1, -0.05) is 24.6 Å². The summed E-state index contributed by atoms with van der Waals surface area (Å²) in [7, 11) is 0. The number of allylic oxidation sites excluding steroid dienone is 2. The number of fused-ring (bicyclic) bond motifs is 5. The van der Waals surface area contributed by atoms with E-state index in [0.29, 0.717) is 18.3 Å². The Labute approximate surface area is 157 Å². The maximum atomic E-state index is 12.5. The van der Waals surface area contributed by atoms with Gasteiger partial charge in [0.25, 0.3) is 0 Å². The number of nitrogens with zero attached hydrogens (tertiary/aromatic N) is 1. The number of ketones is 1. The molecule has 4 unspecified atom stereocenters. The number of carbonyl (C=O) groups is 1. The van der Waals surface area contributed by atoms with E-state index in [2.05, 4.69) is 25.1 Å². The monoisotopic (exact) mass is 358 g/mol. The predicted molar refractivity (Wildman–Crippen MR) is 104 cm³/mol. The van der Waals surface area contributed by atoms with Gasteiger partial charge in [0.05, 0.1) is 5.71 Å². The molecule has 6 atom stereocenters. The number of hydrogen-bond donors (Lipinski definition) is 1. The van der Waals surface area contributed by atoms with Crippen LogP contribution in [-0.2, 0) is 9.63 Å². The van der Waals surface area contributed by atoms with Gasteiger partial charge in [-0.25, -0.2) is 0 Å². The molecule has 0 amide bonds. The lowest BCUT2D eigenvalue weighted by Gasteiger charge is -2.57. The van der Waals surface area contributed by atoms with Crippen LogP contribution in [-0.4, -0.2) is 24.1 Å². The molecule has 0 saturated heterocycles. The van der Waals surface area contributed by atoms with Crippen molar-refractivity contribution in [3.63, 3.8) is 0 Å². The van der Waals surface area contributed by atoms with Gasteiger partial charge in [0.2, 0.25) is 0 Å². The van der Waals surface area contributed by atoms with Gasteiger partial charge in [0.15, 0.2) is 0 Å². The summed E-state index contributed by atoms with van der Waals surface area (Å²) in [6, 6.07) is 0.0157. The Morgan fingerprint density at radius 2 is 1.92 bits per heavy atom. The van der Waals surface area contributed by atoms with Gasteiger partial charge in [0, 0.05) is 17.9 Å². The Morgan fingerprint density at radius 3 is 2.69 bits per heavy atom. The number of nitrogens with two attached hydrogens (primary N) is 1. The second kappa shape index (κ2) is 6.47. The molecule has 3 fully saturated rings. The zero-order valence-electron chi connectivity index (χ0n) is 16.6. The molecule has 0 aromatic heterocycles. The van der Waals surface area contributed by atoms with Crippen LogP contribution in [0.3, 0.4) is 0 Å². The van der Waals surface area contributed by atoms with Crippen molar-refractivity contribution in [3.05, 3.63) is 11.6 Å². The Balaban J connectivity index is 1.55. The smallest absolute Gasteiger partial charge is 0.139 e. The van der Waals surface area contributed by atoms with Crippen molar-refractivity contribution in [2.45, 2.75) is 78.2 Å². The van der Waals surface area contributed by atoms with E-state index in [1.807, 2.05) is 6.92 Å². The summed E-state index contributed by atoms with van der Waals surface area (Å²) in [4.78, 5) is 17.9. The standard InChI is InChI=1S/C22H34N2O2/c1-14(23)13-26-24-16-8-10-21(2)15(12-16)4-5-17-18-6-7-20(25)22(18,3)11-9-19(17)21/h12,14,17-19H,4-11,13,23H2,1-3H3/t14?,17?,18?,19?,21-,22-/m0/s1. The van der Waals surface area contributed by atoms with Crippen molar-refractivity contribution in [1.29, 1.82) is 0 Å². The topological polar surface area (TPSA) is 64.7 Å². The average molecular weight is 359 g/mol. The largest absolute Gasteiger partial charge is 0.394 e. The highest BCUT2D eigenvalue weighted by Gasteiger charge is 2.58. The summed E-state index contributed by atoms with van der Waals surface area (Å²) >= 11 is 0. The first-order chi connectivity index (χ1) is 12.3. The maximum Gasteiger partial charge on any atom is 0.139 e. The zero-order valence-corrected chi connectivity index (χ0v) is 16.6. The van der Waals surface area contributed by atoms with Gasteiger partial charge in [0.1, 0.15) is 12.4 Å². The van der Waals surface area contributed by atoms with E-state index in [-0.39, 0.29) is 16.9 Å². The molecule has 144 valence electrons. The van der Waals surface area contributed by atoms with E-state index in [9.17, 15) is 4.79 Å². The summed E-state index contributed by atoms with van der Waals surface area (Å²) in [5.41, 5.74) is 8.65. The van der Waals surface area contributed by atoms with Crippen molar-refractivity contribution in [3.8, 4) is 0 Å². The molecule has 4 aliphatic carbocycles. The Kier molecular flexibility index (Phi) is 4.53. The third-order valence-corrected chi connectivity index (χ3v) is 8.21. The number of oxime groups is 1. The van der Waals surface area contributed by atoms with Gasteiger partial charge in [-0.3, -0.25) is 4.79 Å². The quantitative estimate of drug-likeness (QED) is 0.768. The first-order valence-corrected chi connectivity index (χ1v) is 10.5. The van der Waals surface area contributed by atoms with Crippen LogP contribution in [0.15, 0.2) is 16.8 Å². The lowest BCUT2D eigenvalue weighted by molar-refractivity contribution is -0.132. The second-order valence-electron chi connectivity index (χ2n) is 9.78. The molecule has 0 radical (unpaired) electrons. The SMILES string of the molecule is CC(N)CON=C1C=C2CCC3C(CC[C@]4(C)C(=O)CCC34)[C@@]2(C)CC1. The molecule has 0 aliphatic heterocycles. The highest BCUT2D eigenvalue weighted by molar-refractivity contribution is 5.96. The fourth-order valence-corrected chi connectivity index (χ4v) is 6.65. The van der Waals surface area contributed by atoms with E-state index in [1.54, 1.807) is 5.57 Å². The lowest BCUT2D eigenvalue weighted by atomic mass is 9.47. The van der Waals surface area contributed by atoms with E-state index in [1.165, 1.54) is 12.8 Å². The Hall–Kier alpha value is -1.16. The van der Waals surface area contributed by atoms with Gasteiger partial charge in [-0.15, -0.1) is 0 Å². The highest BCUT2D eigenvalue weighted by Crippen LogP contribution is 2.64. The molecule has 2 N–H and O–H groups in total. The van der Waals surface area contributed by atoms with E-state index < -0.39 is 0 Å². The van der Waals surface area contributed by atoms with Crippen molar-refractivity contribution < 1.29 is 9.63 Å². The van der Waals surface area contributed by atoms with Crippen LogP contribution in [0.2, 0.25) is 0 Å². The van der Waals surface area contributed by atoms with Crippen LogP contribution < -0.4 is 5.73 Å². The average Bonchev–Trinajstić information content (AvgIpc) is 2.90. The summed E-state index contributed by atoms with van der Waals surface area (Å²) in [6.07, 6.45) is 11.1. The van der Waals surface area contributed by atoms with Gasteiger partial charge >= 0.3 is 0 Å². The summed E-state index contributed by atoms with van der Waals surface area (Å²) < 4.78 is 0. The minimum Gasteiger partial charge on any atom is -0.394 e. The summed E-state index contributed by atoms with van der Waals surface area (Å²) in [5, 5.41) is 4.34. The summed E-state index contributed by atoms with van der Waals surface area (Å²) in [6.45, 7) is 7.15. The van der Waals surface area contributed by atoms with Gasteiger partial charge < -0.3 is 10.6 Å². The predicted octanol–water partition coefficient (Wildman–Crippen LogP) is 4.24. The minimum atomic E-state index is -0.0210. The van der Waals surface area contributed by atoms with E-state index in [0.717, 1.165) is 56.1 Å². The molecule has 0 aromatic rings. The first kappa shape index (κ1) is 18.2. The van der Waals surface area contributed by atoms with Gasteiger partial charge in [-0.05, 0) is 81.1 Å². The molecular formula is C22H34N2O2. The molecule has 26 heavy (non-hydrogen) atoms. The second-order valence-corrected chi connectivity index (χ2v) is 9.78. The molecule has 4 nitrogen and oxygen atoms in total. The van der Waals surface area contributed by atoms with Crippen molar-refractivity contribution in [2.75, 3.05) is 6.61 Å². The minimum absolute atomic E-state index is 0.0157. The molecule has 4 heteroatoms.